The lowest BCUT2D eigenvalue weighted by atomic mass is 9.94. The SMILES string of the molecule is COc1ccc([C@@H](C(=O)NC2CCCCC2)N(C[C@@H]2CCCO2)C(=O)Cn2nnc3ccccc32)c(OC)c1. The van der Waals surface area contributed by atoms with Gasteiger partial charge in [-0.15, -0.1) is 5.10 Å². The maximum absolute atomic E-state index is 14.1. The van der Waals surface area contributed by atoms with Gasteiger partial charge in [0.1, 0.15) is 29.6 Å². The molecule has 0 bridgehead atoms. The van der Waals surface area contributed by atoms with Gasteiger partial charge in [-0.2, -0.15) is 0 Å². The number of amides is 2. The van der Waals surface area contributed by atoms with E-state index >= 15 is 0 Å². The van der Waals surface area contributed by atoms with Crippen LogP contribution in [0.2, 0.25) is 0 Å². The van der Waals surface area contributed by atoms with Gasteiger partial charge in [0.2, 0.25) is 11.8 Å². The number of ether oxygens (including phenoxy) is 3. The Morgan fingerprint density at radius 1 is 1.08 bits per heavy atom. The van der Waals surface area contributed by atoms with E-state index in [1.54, 1.807) is 35.9 Å². The Bertz CT molecular complexity index is 1280. The summed E-state index contributed by atoms with van der Waals surface area (Å²) in [7, 11) is 3.14. The van der Waals surface area contributed by atoms with Crippen molar-refractivity contribution in [3.05, 3.63) is 48.0 Å². The highest BCUT2D eigenvalue weighted by Gasteiger charge is 2.37. The topological polar surface area (TPSA) is 108 Å². The summed E-state index contributed by atoms with van der Waals surface area (Å²) in [5, 5.41) is 11.7. The largest absolute Gasteiger partial charge is 0.497 e. The maximum atomic E-state index is 14.1. The molecule has 208 valence electrons. The van der Waals surface area contributed by atoms with Crippen molar-refractivity contribution in [2.45, 2.75) is 69.7 Å². The monoisotopic (exact) mass is 535 g/mol. The number of hydrogen-bond acceptors (Lipinski definition) is 7. The molecule has 39 heavy (non-hydrogen) atoms. The minimum atomic E-state index is -0.917. The number of methoxy groups -OCH3 is 2. The van der Waals surface area contributed by atoms with Crippen molar-refractivity contribution in [2.75, 3.05) is 27.4 Å². The van der Waals surface area contributed by atoms with Gasteiger partial charge in [-0.05, 0) is 49.9 Å². The van der Waals surface area contributed by atoms with E-state index in [1.165, 1.54) is 6.42 Å². The number of nitrogens with one attached hydrogen (secondary N) is 1. The molecule has 1 aliphatic heterocycles. The van der Waals surface area contributed by atoms with Crippen molar-refractivity contribution in [1.29, 1.82) is 0 Å². The predicted octanol–water partition coefficient (Wildman–Crippen LogP) is 3.65. The molecule has 3 aromatic rings. The zero-order chi connectivity index (χ0) is 27.2. The van der Waals surface area contributed by atoms with Gasteiger partial charge in [-0.1, -0.05) is 36.6 Å². The predicted molar refractivity (Wildman–Crippen MR) is 146 cm³/mol. The zero-order valence-corrected chi connectivity index (χ0v) is 22.7. The van der Waals surface area contributed by atoms with Crippen molar-refractivity contribution in [2.24, 2.45) is 0 Å². The molecular formula is C29H37N5O5. The van der Waals surface area contributed by atoms with Gasteiger partial charge < -0.3 is 24.4 Å². The van der Waals surface area contributed by atoms with E-state index in [1.807, 2.05) is 30.3 Å². The Morgan fingerprint density at radius 3 is 2.64 bits per heavy atom. The lowest BCUT2D eigenvalue weighted by Gasteiger charge is -2.35. The van der Waals surface area contributed by atoms with Gasteiger partial charge in [0, 0.05) is 30.8 Å². The molecule has 2 amide bonds. The number of rotatable bonds is 10. The molecule has 1 aliphatic carbocycles. The number of carbonyl (C=O) groups excluding carboxylic acids is 2. The van der Waals surface area contributed by atoms with Gasteiger partial charge >= 0.3 is 0 Å². The van der Waals surface area contributed by atoms with Crippen LogP contribution >= 0.6 is 0 Å². The molecule has 5 rings (SSSR count). The molecule has 1 N–H and O–H groups in total. The highest BCUT2D eigenvalue weighted by molar-refractivity contribution is 5.90. The van der Waals surface area contributed by atoms with Crippen LogP contribution < -0.4 is 14.8 Å². The fourth-order valence-electron chi connectivity index (χ4n) is 5.63. The molecule has 0 spiro atoms. The van der Waals surface area contributed by atoms with E-state index in [-0.39, 0.29) is 37.0 Å². The first-order chi connectivity index (χ1) is 19.1. The third kappa shape index (κ3) is 6.16. The normalized spacial score (nSPS) is 18.6. The van der Waals surface area contributed by atoms with E-state index in [0.29, 0.717) is 29.2 Å². The summed E-state index contributed by atoms with van der Waals surface area (Å²) in [6.45, 7) is 0.869. The Morgan fingerprint density at radius 2 is 1.90 bits per heavy atom. The molecule has 2 atom stereocenters. The number of hydrogen-bond donors (Lipinski definition) is 1. The van der Waals surface area contributed by atoms with Crippen molar-refractivity contribution >= 4 is 22.8 Å². The molecule has 2 aromatic carbocycles. The Balaban J connectivity index is 1.52. The summed E-state index contributed by atoms with van der Waals surface area (Å²) >= 11 is 0. The summed E-state index contributed by atoms with van der Waals surface area (Å²) in [5.41, 5.74) is 2.06. The maximum Gasteiger partial charge on any atom is 0.247 e. The third-order valence-corrected chi connectivity index (χ3v) is 7.70. The summed E-state index contributed by atoms with van der Waals surface area (Å²) in [4.78, 5) is 29.8. The van der Waals surface area contributed by atoms with Crippen molar-refractivity contribution < 1.29 is 23.8 Å². The summed E-state index contributed by atoms with van der Waals surface area (Å²) in [6.07, 6.45) is 6.80. The fraction of sp³-hybridized carbons (Fsp3) is 0.517. The van der Waals surface area contributed by atoms with Crippen molar-refractivity contribution in [3.8, 4) is 11.5 Å². The lowest BCUT2D eigenvalue weighted by Crippen LogP contribution is -2.50. The Labute approximate surface area is 228 Å². The summed E-state index contributed by atoms with van der Waals surface area (Å²) in [5.74, 6) is 0.616. The molecular weight excluding hydrogens is 498 g/mol. The first kappa shape index (κ1) is 26.9. The first-order valence-electron chi connectivity index (χ1n) is 13.8. The van der Waals surface area contributed by atoms with E-state index in [0.717, 1.165) is 44.0 Å². The van der Waals surface area contributed by atoms with Gasteiger partial charge in [-0.3, -0.25) is 9.59 Å². The standard InChI is InChI=1S/C29H37N5O5/c1-37-21-14-15-23(26(17-21)38-2)28(29(36)30-20-9-4-3-5-10-20)33(18-22-11-8-16-39-22)27(35)19-34-25-13-7-6-12-24(25)31-32-34/h6-7,12-15,17,20,22,28H,3-5,8-11,16,18-19H2,1-2H3,(H,30,36)/t22-,28-/m0/s1. The number of fused-ring (bicyclic) bond motifs is 1. The average Bonchev–Trinajstić information content (AvgIpc) is 3.63. The van der Waals surface area contributed by atoms with Gasteiger partial charge in [0.15, 0.2) is 0 Å². The van der Waals surface area contributed by atoms with Crippen LogP contribution in [0.3, 0.4) is 0 Å². The molecule has 2 aliphatic rings. The van der Waals surface area contributed by atoms with E-state index in [4.69, 9.17) is 14.2 Å². The highest BCUT2D eigenvalue weighted by atomic mass is 16.5. The van der Waals surface area contributed by atoms with Crippen molar-refractivity contribution in [3.63, 3.8) is 0 Å². The van der Waals surface area contributed by atoms with Gasteiger partial charge in [-0.25, -0.2) is 4.68 Å². The summed E-state index contributed by atoms with van der Waals surface area (Å²) < 4.78 is 18.6. The second kappa shape index (κ2) is 12.5. The van der Waals surface area contributed by atoms with Crippen LogP contribution in [0.1, 0.15) is 56.6 Å². The highest BCUT2D eigenvalue weighted by Crippen LogP contribution is 2.35. The molecule has 1 saturated carbocycles. The Kier molecular flexibility index (Phi) is 8.61. The third-order valence-electron chi connectivity index (χ3n) is 7.70. The number of para-hydroxylation sites is 1. The van der Waals surface area contributed by atoms with Crippen LogP contribution in [0.5, 0.6) is 11.5 Å². The molecule has 2 fully saturated rings. The minimum Gasteiger partial charge on any atom is -0.497 e. The van der Waals surface area contributed by atoms with Gasteiger partial charge in [0.25, 0.3) is 0 Å². The van der Waals surface area contributed by atoms with Crippen LogP contribution in [0.15, 0.2) is 42.5 Å². The molecule has 2 heterocycles. The quantitative estimate of drug-likeness (QED) is 0.422. The molecule has 10 heteroatoms. The van der Waals surface area contributed by atoms with E-state index < -0.39 is 6.04 Å². The Hall–Kier alpha value is -3.66. The van der Waals surface area contributed by atoms with Crippen LogP contribution in [-0.4, -0.2) is 71.2 Å². The molecule has 10 nitrogen and oxygen atoms in total. The average molecular weight is 536 g/mol. The van der Waals surface area contributed by atoms with Crippen molar-refractivity contribution in [1.82, 2.24) is 25.2 Å². The van der Waals surface area contributed by atoms with E-state index in [2.05, 4.69) is 15.6 Å². The number of nitrogens with zero attached hydrogens (tertiary/aromatic N) is 4. The zero-order valence-electron chi connectivity index (χ0n) is 22.7. The van der Waals surface area contributed by atoms with Crippen LogP contribution in [-0.2, 0) is 20.9 Å². The van der Waals surface area contributed by atoms with Gasteiger partial charge in [0.05, 0.1) is 25.8 Å². The molecule has 1 aromatic heterocycles. The fourth-order valence-corrected chi connectivity index (χ4v) is 5.63. The number of benzene rings is 2. The first-order valence-corrected chi connectivity index (χ1v) is 13.8. The summed E-state index contributed by atoms with van der Waals surface area (Å²) in [6, 6.07) is 12.0. The smallest absolute Gasteiger partial charge is 0.247 e. The van der Waals surface area contributed by atoms with Crippen LogP contribution in [0, 0.1) is 0 Å². The molecule has 0 radical (unpaired) electrons. The van der Waals surface area contributed by atoms with Crippen LogP contribution in [0.25, 0.3) is 11.0 Å². The second-order valence-corrected chi connectivity index (χ2v) is 10.3. The molecule has 1 saturated heterocycles. The lowest BCUT2D eigenvalue weighted by molar-refractivity contribution is -0.143. The number of carbonyl (C=O) groups is 2. The second-order valence-electron chi connectivity index (χ2n) is 10.3. The van der Waals surface area contributed by atoms with E-state index in [9.17, 15) is 9.59 Å². The number of aromatic nitrogens is 3. The van der Waals surface area contributed by atoms with Crippen LogP contribution in [0.4, 0.5) is 0 Å². The minimum absolute atomic E-state index is 0.0566. The molecule has 0 unspecified atom stereocenters.